The molecule has 2 aromatic carbocycles. The van der Waals surface area contributed by atoms with E-state index in [1.54, 1.807) is 24.3 Å². The number of esters is 1. The van der Waals surface area contributed by atoms with E-state index in [1.807, 2.05) is 0 Å². The summed E-state index contributed by atoms with van der Waals surface area (Å²) in [6.45, 7) is -0.909. The average Bonchev–Trinajstić information content (AvgIpc) is 2.71. The maximum Gasteiger partial charge on any atom is 0.337 e. The molecule has 9 heteroatoms. The van der Waals surface area contributed by atoms with Gasteiger partial charge in [-0.25, -0.2) is 13.6 Å². The first kappa shape index (κ1) is 21.5. The SMILES string of the molecule is COC(=O)c1ccc(/C=C/C(=O)Nc2ccc(C(N)=O)cc2OCC(F)F)cc1. The summed E-state index contributed by atoms with van der Waals surface area (Å²) in [5, 5.41) is 2.49. The summed E-state index contributed by atoms with van der Waals surface area (Å²) in [5.74, 6) is -1.91. The van der Waals surface area contributed by atoms with Crippen LogP contribution >= 0.6 is 0 Å². The number of methoxy groups -OCH3 is 1. The van der Waals surface area contributed by atoms with Gasteiger partial charge in [0.25, 0.3) is 6.43 Å². The van der Waals surface area contributed by atoms with Gasteiger partial charge in [-0.1, -0.05) is 12.1 Å². The predicted molar refractivity (Wildman–Crippen MR) is 102 cm³/mol. The summed E-state index contributed by atoms with van der Waals surface area (Å²) in [6, 6.07) is 10.2. The minimum absolute atomic E-state index is 0.0495. The predicted octanol–water partition coefficient (Wildman–Crippen LogP) is 2.87. The third-order valence-corrected chi connectivity index (χ3v) is 3.65. The first-order valence-corrected chi connectivity index (χ1v) is 8.32. The fraction of sp³-hybridized carbons (Fsp3) is 0.150. The third kappa shape index (κ3) is 6.42. The Morgan fingerprint density at radius 1 is 1.10 bits per heavy atom. The standard InChI is InChI=1S/C20H18F2N2O5/c1-28-20(27)13-5-2-12(3-6-13)4-9-18(25)24-15-8-7-14(19(23)26)10-16(15)29-11-17(21)22/h2-10,17H,11H2,1H3,(H2,23,26)(H,24,25)/b9-4+. The number of nitrogens with one attached hydrogen (secondary N) is 1. The number of hydrogen-bond donors (Lipinski definition) is 2. The van der Waals surface area contributed by atoms with Gasteiger partial charge in [-0.15, -0.1) is 0 Å². The van der Waals surface area contributed by atoms with Crippen molar-refractivity contribution in [2.75, 3.05) is 19.0 Å². The van der Waals surface area contributed by atoms with E-state index in [-0.39, 0.29) is 17.0 Å². The van der Waals surface area contributed by atoms with Crippen LogP contribution in [0, 0.1) is 0 Å². The number of primary amides is 1. The summed E-state index contributed by atoms with van der Waals surface area (Å²) in [5.41, 5.74) is 6.33. The zero-order chi connectivity index (χ0) is 21.4. The quantitative estimate of drug-likeness (QED) is 0.520. The van der Waals surface area contributed by atoms with Gasteiger partial charge in [0.15, 0.2) is 0 Å². The number of hydrogen-bond acceptors (Lipinski definition) is 5. The molecule has 0 unspecified atom stereocenters. The van der Waals surface area contributed by atoms with E-state index in [0.29, 0.717) is 11.1 Å². The van der Waals surface area contributed by atoms with Crippen LogP contribution in [0.3, 0.4) is 0 Å². The lowest BCUT2D eigenvalue weighted by atomic mass is 10.1. The highest BCUT2D eigenvalue weighted by atomic mass is 19.3. The van der Waals surface area contributed by atoms with Crippen molar-refractivity contribution in [1.82, 2.24) is 0 Å². The molecular formula is C20H18F2N2O5. The van der Waals surface area contributed by atoms with Crippen molar-refractivity contribution in [2.24, 2.45) is 5.73 Å². The van der Waals surface area contributed by atoms with Crippen LogP contribution in [0.25, 0.3) is 6.08 Å². The lowest BCUT2D eigenvalue weighted by Gasteiger charge is -2.12. The number of amides is 2. The monoisotopic (exact) mass is 404 g/mol. The van der Waals surface area contributed by atoms with Crippen molar-refractivity contribution in [3.05, 3.63) is 65.2 Å². The molecule has 0 heterocycles. The molecule has 0 aliphatic carbocycles. The Bertz CT molecular complexity index is 927. The maximum absolute atomic E-state index is 12.4. The molecule has 2 rings (SSSR count). The highest BCUT2D eigenvalue weighted by molar-refractivity contribution is 6.03. The summed E-state index contributed by atoms with van der Waals surface area (Å²) in [7, 11) is 1.27. The van der Waals surface area contributed by atoms with E-state index in [0.717, 1.165) is 0 Å². The normalized spacial score (nSPS) is 10.8. The van der Waals surface area contributed by atoms with Gasteiger partial charge in [-0.2, -0.15) is 0 Å². The van der Waals surface area contributed by atoms with Crippen LogP contribution in [-0.4, -0.2) is 37.9 Å². The van der Waals surface area contributed by atoms with Gasteiger partial charge in [0.1, 0.15) is 12.4 Å². The average molecular weight is 404 g/mol. The largest absolute Gasteiger partial charge is 0.485 e. The van der Waals surface area contributed by atoms with Crippen molar-refractivity contribution in [3.63, 3.8) is 0 Å². The molecule has 0 bridgehead atoms. The van der Waals surface area contributed by atoms with Gasteiger partial charge >= 0.3 is 5.97 Å². The van der Waals surface area contributed by atoms with Gasteiger partial charge in [0.2, 0.25) is 11.8 Å². The van der Waals surface area contributed by atoms with Crippen LogP contribution in [0.1, 0.15) is 26.3 Å². The molecule has 2 amide bonds. The fourth-order valence-corrected chi connectivity index (χ4v) is 2.25. The molecule has 0 aromatic heterocycles. The van der Waals surface area contributed by atoms with Gasteiger partial charge < -0.3 is 20.5 Å². The van der Waals surface area contributed by atoms with E-state index < -0.39 is 30.8 Å². The molecule has 0 aliphatic heterocycles. The smallest absolute Gasteiger partial charge is 0.337 e. The second-order valence-corrected chi connectivity index (χ2v) is 5.71. The van der Waals surface area contributed by atoms with Crippen molar-refractivity contribution in [2.45, 2.75) is 6.43 Å². The van der Waals surface area contributed by atoms with Gasteiger partial charge in [-0.05, 0) is 42.0 Å². The molecule has 152 valence electrons. The summed E-state index contributed by atoms with van der Waals surface area (Å²) in [4.78, 5) is 34.8. The third-order valence-electron chi connectivity index (χ3n) is 3.65. The Kier molecular flexibility index (Phi) is 7.41. The van der Waals surface area contributed by atoms with Crippen LogP contribution in [-0.2, 0) is 9.53 Å². The number of nitrogens with two attached hydrogens (primary N) is 1. The molecule has 2 aromatic rings. The van der Waals surface area contributed by atoms with E-state index >= 15 is 0 Å². The Hall–Kier alpha value is -3.75. The van der Waals surface area contributed by atoms with Gasteiger partial charge in [-0.3, -0.25) is 9.59 Å². The molecule has 0 saturated carbocycles. The zero-order valence-corrected chi connectivity index (χ0v) is 15.4. The Labute approximate surface area is 165 Å². The lowest BCUT2D eigenvalue weighted by molar-refractivity contribution is -0.111. The number of benzene rings is 2. The highest BCUT2D eigenvalue weighted by Gasteiger charge is 2.12. The lowest BCUT2D eigenvalue weighted by Crippen LogP contribution is -2.15. The second kappa shape index (κ2) is 9.98. The van der Waals surface area contributed by atoms with Crippen LogP contribution < -0.4 is 15.8 Å². The Morgan fingerprint density at radius 3 is 2.34 bits per heavy atom. The van der Waals surface area contributed by atoms with Crippen molar-refractivity contribution in [1.29, 1.82) is 0 Å². The molecule has 0 aliphatic rings. The summed E-state index contributed by atoms with van der Waals surface area (Å²) >= 11 is 0. The summed E-state index contributed by atoms with van der Waals surface area (Å²) < 4.78 is 34.4. The number of carbonyl (C=O) groups excluding carboxylic acids is 3. The maximum atomic E-state index is 12.4. The van der Waals surface area contributed by atoms with E-state index in [1.165, 1.54) is 37.5 Å². The second-order valence-electron chi connectivity index (χ2n) is 5.71. The Balaban J connectivity index is 2.11. The van der Waals surface area contributed by atoms with Crippen LogP contribution in [0.5, 0.6) is 5.75 Å². The number of alkyl halides is 2. The van der Waals surface area contributed by atoms with E-state index in [2.05, 4.69) is 10.1 Å². The van der Waals surface area contributed by atoms with E-state index in [4.69, 9.17) is 10.5 Å². The number of halogens is 2. The van der Waals surface area contributed by atoms with Crippen LogP contribution in [0.4, 0.5) is 14.5 Å². The molecule has 0 atom stereocenters. The zero-order valence-electron chi connectivity index (χ0n) is 15.4. The van der Waals surface area contributed by atoms with Crippen LogP contribution in [0.2, 0.25) is 0 Å². The Morgan fingerprint density at radius 2 is 1.76 bits per heavy atom. The minimum Gasteiger partial charge on any atom is -0.485 e. The number of ether oxygens (including phenoxy) is 2. The number of anilines is 1. The van der Waals surface area contributed by atoms with Gasteiger partial charge in [0.05, 0.1) is 18.4 Å². The molecular weight excluding hydrogens is 386 g/mol. The van der Waals surface area contributed by atoms with Crippen molar-refractivity contribution < 1.29 is 32.6 Å². The number of carbonyl (C=O) groups is 3. The molecule has 0 fully saturated rings. The first-order valence-electron chi connectivity index (χ1n) is 8.32. The topological polar surface area (TPSA) is 108 Å². The molecule has 3 N–H and O–H groups in total. The molecule has 0 spiro atoms. The molecule has 7 nitrogen and oxygen atoms in total. The first-order chi connectivity index (χ1) is 13.8. The van der Waals surface area contributed by atoms with Crippen molar-refractivity contribution in [3.8, 4) is 5.75 Å². The van der Waals surface area contributed by atoms with Crippen molar-refractivity contribution >= 4 is 29.5 Å². The van der Waals surface area contributed by atoms with Gasteiger partial charge in [0, 0.05) is 11.6 Å². The van der Waals surface area contributed by atoms with Crippen LogP contribution in [0.15, 0.2) is 48.5 Å². The molecule has 0 saturated heterocycles. The number of rotatable bonds is 8. The minimum atomic E-state index is -2.73. The fourth-order valence-electron chi connectivity index (χ4n) is 2.25. The highest BCUT2D eigenvalue weighted by Crippen LogP contribution is 2.26. The summed E-state index contributed by atoms with van der Waals surface area (Å²) in [6.07, 6.45) is -0.0245. The molecule has 0 radical (unpaired) electrons. The molecule has 29 heavy (non-hydrogen) atoms. The van der Waals surface area contributed by atoms with E-state index in [9.17, 15) is 23.2 Å².